The molecule has 0 saturated carbocycles. The average molecular weight is 385 g/mol. The van der Waals surface area contributed by atoms with Crippen molar-refractivity contribution in [2.45, 2.75) is 19.1 Å². The van der Waals surface area contributed by atoms with Crippen molar-refractivity contribution in [2.24, 2.45) is 0 Å². The Balaban J connectivity index is 1.96. The normalized spacial score (nSPS) is 11.7. The van der Waals surface area contributed by atoms with Crippen LogP contribution in [0.4, 0.5) is 0 Å². The predicted octanol–water partition coefficient (Wildman–Crippen LogP) is 2.03. The highest BCUT2D eigenvalue weighted by Gasteiger charge is 2.22. The number of carbonyl (C=O) groups is 3. The number of carboxylic acids is 2. The lowest BCUT2D eigenvalue weighted by atomic mass is 10.1. The summed E-state index contributed by atoms with van der Waals surface area (Å²) in [4.78, 5) is 33.4. The van der Waals surface area contributed by atoms with Gasteiger partial charge in [0.25, 0.3) is 0 Å². The van der Waals surface area contributed by atoms with Crippen molar-refractivity contribution in [1.82, 2.24) is 5.32 Å². The Bertz CT molecular complexity index is 877. The summed E-state index contributed by atoms with van der Waals surface area (Å²) in [6.07, 6.45) is 1.55. The van der Waals surface area contributed by atoms with E-state index < -0.39 is 30.3 Å². The molecule has 0 heterocycles. The van der Waals surface area contributed by atoms with Crippen LogP contribution in [0, 0.1) is 0 Å². The average Bonchev–Trinajstić information content (AvgIpc) is 2.65. The molecular formula is C20H19NO7. The predicted molar refractivity (Wildman–Crippen MR) is 99.7 cm³/mol. The number of rotatable bonds is 9. The molecule has 2 aromatic rings. The van der Waals surface area contributed by atoms with Gasteiger partial charge in [-0.2, -0.15) is 0 Å². The molecule has 2 rings (SSSR count). The fourth-order valence-electron chi connectivity index (χ4n) is 2.26. The van der Waals surface area contributed by atoms with E-state index in [4.69, 9.17) is 14.9 Å². The number of phenolic OH excluding ortho intramolecular Hbond substituents is 1. The number of carbonyl (C=O) groups excluding carboxylic acids is 1. The van der Waals surface area contributed by atoms with Gasteiger partial charge in [-0.1, -0.05) is 30.3 Å². The van der Waals surface area contributed by atoms with Crippen LogP contribution in [0.1, 0.15) is 17.5 Å². The Morgan fingerprint density at radius 1 is 1.07 bits per heavy atom. The molecule has 28 heavy (non-hydrogen) atoms. The SMILES string of the molecule is O=C(O)CC(NC(=O)/C=C/c1ccc(OCc2ccccc2)cc1O)C(=O)O. The van der Waals surface area contributed by atoms with Crippen LogP contribution < -0.4 is 10.1 Å². The van der Waals surface area contributed by atoms with E-state index in [0.29, 0.717) is 17.9 Å². The topological polar surface area (TPSA) is 133 Å². The van der Waals surface area contributed by atoms with E-state index in [2.05, 4.69) is 5.32 Å². The van der Waals surface area contributed by atoms with Crippen LogP contribution in [0.2, 0.25) is 0 Å². The molecule has 0 aromatic heterocycles. The summed E-state index contributed by atoms with van der Waals surface area (Å²) in [5.74, 6) is -3.28. The lowest BCUT2D eigenvalue weighted by Crippen LogP contribution is -2.41. The van der Waals surface area contributed by atoms with Crippen LogP contribution in [-0.4, -0.2) is 39.2 Å². The van der Waals surface area contributed by atoms with Gasteiger partial charge in [0.05, 0.1) is 6.42 Å². The summed E-state index contributed by atoms with van der Waals surface area (Å²) in [5, 5.41) is 29.7. The maximum absolute atomic E-state index is 11.8. The van der Waals surface area contributed by atoms with Gasteiger partial charge in [-0.15, -0.1) is 0 Å². The standard InChI is InChI=1S/C20H19NO7/c22-17-10-15(28-12-13-4-2-1-3-5-13)8-6-14(17)7-9-18(23)21-16(20(26)27)11-19(24)25/h1-10,16,22H,11-12H2,(H,21,23)(H,24,25)(H,26,27)/b9-7+. The van der Waals surface area contributed by atoms with Gasteiger partial charge < -0.3 is 25.4 Å². The van der Waals surface area contributed by atoms with Gasteiger partial charge in [0.15, 0.2) is 0 Å². The fourth-order valence-corrected chi connectivity index (χ4v) is 2.26. The Labute approximate surface area is 160 Å². The Hall–Kier alpha value is -3.81. The first kappa shape index (κ1) is 20.5. The molecule has 146 valence electrons. The molecule has 4 N–H and O–H groups in total. The Kier molecular flexibility index (Phi) is 7.15. The molecule has 0 aliphatic heterocycles. The second kappa shape index (κ2) is 9.77. The summed E-state index contributed by atoms with van der Waals surface area (Å²) >= 11 is 0. The number of amides is 1. The molecular weight excluding hydrogens is 366 g/mol. The van der Waals surface area contributed by atoms with Crippen molar-refractivity contribution in [3.05, 3.63) is 65.7 Å². The molecule has 0 radical (unpaired) electrons. The minimum Gasteiger partial charge on any atom is -0.507 e. The van der Waals surface area contributed by atoms with E-state index in [0.717, 1.165) is 11.6 Å². The van der Waals surface area contributed by atoms with Crippen LogP contribution in [0.15, 0.2) is 54.6 Å². The summed E-state index contributed by atoms with van der Waals surface area (Å²) in [6, 6.07) is 12.5. The van der Waals surface area contributed by atoms with Gasteiger partial charge in [-0.25, -0.2) is 4.79 Å². The van der Waals surface area contributed by atoms with E-state index in [1.54, 1.807) is 6.07 Å². The molecule has 0 aliphatic carbocycles. The maximum Gasteiger partial charge on any atom is 0.326 e. The monoisotopic (exact) mass is 385 g/mol. The van der Waals surface area contributed by atoms with Gasteiger partial charge in [-0.3, -0.25) is 9.59 Å². The number of hydrogen-bond acceptors (Lipinski definition) is 5. The number of nitrogens with one attached hydrogen (secondary N) is 1. The Morgan fingerprint density at radius 3 is 2.39 bits per heavy atom. The number of phenols is 1. The summed E-state index contributed by atoms with van der Waals surface area (Å²) < 4.78 is 5.59. The van der Waals surface area contributed by atoms with E-state index in [9.17, 15) is 19.5 Å². The largest absolute Gasteiger partial charge is 0.507 e. The van der Waals surface area contributed by atoms with Crippen molar-refractivity contribution in [1.29, 1.82) is 0 Å². The highest BCUT2D eigenvalue weighted by Crippen LogP contribution is 2.25. The molecule has 0 fully saturated rings. The van der Waals surface area contributed by atoms with E-state index in [1.807, 2.05) is 30.3 Å². The summed E-state index contributed by atoms with van der Waals surface area (Å²) in [6.45, 7) is 0.331. The number of hydrogen-bond donors (Lipinski definition) is 4. The molecule has 8 heteroatoms. The summed E-state index contributed by atoms with van der Waals surface area (Å²) in [5.41, 5.74) is 1.28. The Morgan fingerprint density at radius 2 is 1.79 bits per heavy atom. The molecule has 1 atom stereocenters. The van der Waals surface area contributed by atoms with Crippen molar-refractivity contribution in [3.63, 3.8) is 0 Å². The maximum atomic E-state index is 11.8. The molecule has 0 bridgehead atoms. The van der Waals surface area contributed by atoms with Gasteiger partial charge in [0.2, 0.25) is 5.91 Å². The van der Waals surface area contributed by atoms with Crippen molar-refractivity contribution in [3.8, 4) is 11.5 Å². The number of aromatic hydroxyl groups is 1. The molecule has 0 aliphatic rings. The first-order chi connectivity index (χ1) is 13.3. The molecule has 1 amide bonds. The molecule has 0 spiro atoms. The lowest BCUT2D eigenvalue weighted by molar-refractivity contribution is -0.146. The number of aliphatic carboxylic acids is 2. The van der Waals surface area contributed by atoms with Crippen LogP contribution in [0.5, 0.6) is 11.5 Å². The van der Waals surface area contributed by atoms with Gasteiger partial charge >= 0.3 is 11.9 Å². The third-order valence-corrected chi connectivity index (χ3v) is 3.66. The van der Waals surface area contributed by atoms with Crippen LogP contribution in [0.25, 0.3) is 6.08 Å². The second-order valence-electron chi connectivity index (χ2n) is 5.83. The van der Waals surface area contributed by atoms with Crippen molar-refractivity contribution in [2.75, 3.05) is 0 Å². The zero-order valence-corrected chi connectivity index (χ0v) is 14.7. The van der Waals surface area contributed by atoms with Crippen molar-refractivity contribution >= 4 is 23.9 Å². The van der Waals surface area contributed by atoms with Crippen molar-refractivity contribution < 1.29 is 34.4 Å². The molecule has 8 nitrogen and oxygen atoms in total. The van der Waals surface area contributed by atoms with E-state index in [1.165, 1.54) is 18.2 Å². The van der Waals surface area contributed by atoms with E-state index >= 15 is 0 Å². The fraction of sp³-hybridized carbons (Fsp3) is 0.150. The highest BCUT2D eigenvalue weighted by molar-refractivity contribution is 5.95. The first-order valence-corrected chi connectivity index (χ1v) is 8.28. The third kappa shape index (κ3) is 6.49. The minimum atomic E-state index is -1.54. The number of carboxylic acid groups (broad SMARTS) is 2. The van der Waals surface area contributed by atoms with Gasteiger partial charge in [-0.05, 0) is 23.8 Å². The minimum absolute atomic E-state index is 0.130. The third-order valence-electron chi connectivity index (χ3n) is 3.66. The second-order valence-corrected chi connectivity index (χ2v) is 5.83. The van der Waals surface area contributed by atoms with Gasteiger partial charge in [0, 0.05) is 17.7 Å². The molecule has 0 saturated heterocycles. The highest BCUT2D eigenvalue weighted by atomic mass is 16.5. The first-order valence-electron chi connectivity index (χ1n) is 8.28. The number of benzene rings is 2. The zero-order chi connectivity index (χ0) is 20.5. The molecule has 1 unspecified atom stereocenters. The van der Waals surface area contributed by atoms with E-state index in [-0.39, 0.29) is 5.75 Å². The zero-order valence-electron chi connectivity index (χ0n) is 14.7. The summed E-state index contributed by atoms with van der Waals surface area (Å²) in [7, 11) is 0. The quantitative estimate of drug-likeness (QED) is 0.485. The lowest BCUT2D eigenvalue weighted by Gasteiger charge is -2.10. The number of ether oxygens (including phenoxy) is 1. The van der Waals surface area contributed by atoms with Crippen LogP contribution in [0.3, 0.4) is 0 Å². The van der Waals surface area contributed by atoms with Gasteiger partial charge in [0.1, 0.15) is 24.1 Å². The smallest absolute Gasteiger partial charge is 0.326 e. The van der Waals surface area contributed by atoms with Crippen LogP contribution >= 0.6 is 0 Å². The van der Waals surface area contributed by atoms with Crippen LogP contribution in [-0.2, 0) is 21.0 Å². The molecule has 2 aromatic carbocycles.